The van der Waals surface area contributed by atoms with Crippen LogP contribution in [0, 0.1) is 6.92 Å². The smallest absolute Gasteiger partial charge is 0.257 e. The first-order valence-electron chi connectivity index (χ1n) is 9.78. The molecule has 0 fully saturated rings. The Bertz CT molecular complexity index is 1190. The Balaban J connectivity index is 1.90. The lowest BCUT2D eigenvalue weighted by molar-refractivity contribution is 0.102. The molecule has 0 aliphatic rings. The number of pyridine rings is 1. The van der Waals surface area contributed by atoms with Crippen molar-refractivity contribution in [2.75, 3.05) is 26.0 Å². The molecular formula is C23H25N3O4S. The van der Waals surface area contributed by atoms with E-state index in [1.54, 1.807) is 38.1 Å². The largest absolute Gasteiger partial charge is 0.492 e. The number of carbonyl (C=O) groups is 1. The fraction of sp³-hybridized carbons (Fsp3) is 0.217. The van der Waals surface area contributed by atoms with Gasteiger partial charge in [0.15, 0.2) is 0 Å². The molecule has 1 amide bonds. The van der Waals surface area contributed by atoms with Gasteiger partial charge < -0.3 is 10.1 Å². The lowest BCUT2D eigenvalue weighted by Gasteiger charge is -2.17. The van der Waals surface area contributed by atoms with Crippen LogP contribution in [-0.2, 0) is 10.0 Å². The lowest BCUT2D eigenvalue weighted by Crippen LogP contribution is -2.23. The van der Waals surface area contributed by atoms with Gasteiger partial charge in [-0.25, -0.2) is 12.7 Å². The first kappa shape index (κ1) is 22.5. The van der Waals surface area contributed by atoms with E-state index in [2.05, 4.69) is 10.3 Å². The summed E-state index contributed by atoms with van der Waals surface area (Å²) in [5.41, 5.74) is 3.06. The van der Waals surface area contributed by atoms with Crippen LogP contribution in [0.25, 0.3) is 11.3 Å². The van der Waals surface area contributed by atoms with Gasteiger partial charge in [-0.3, -0.25) is 9.78 Å². The summed E-state index contributed by atoms with van der Waals surface area (Å²) in [4.78, 5) is 17.4. The summed E-state index contributed by atoms with van der Waals surface area (Å²) in [6.45, 7) is 3.86. The number of hydrogen-bond acceptors (Lipinski definition) is 5. The first-order chi connectivity index (χ1) is 14.7. The van der Waals surface area contributed by atoms with Gasteiger partial charge in [-0.1, -0.05) is 30.3 Å². The highest BCUT2D eigenvalue weighted by Gasteiger charge is 2.23. The number of nitrogens with one attached hydrogen (secondary N) is 1. The van der Waals surface area contributed by atoms with Crippen LogP contribution in [0.4, 0.5) is 5.69 Å². The third-order valence-electron chi connectivity index (χ3n) is 4.66. The van der Waals surface area contributed by atoms with Crippen molar-refractivity contribution < 1.29 is 17.9 Å². The zero-order chi connectivity index (χ0) is 22.6. The number of nitrogens with zero attached hydrogens (tertiary/aromatic N) is 2. The van der Waals surface area contributed by atoms with E-state index in [9.17, 15) is 13.2 Å². The van der Waals surface area contributed by atoms with E-state index in [0.29, 0.717) is 23.6 Å². The zero-order valence-electron chi connectivity index (χ0n) is 17.9. The first-order valence-corrected chi connectivity index (χ1v) is 11.2. The van der Waals surface area contributed by atoms with Crippen LogP contribution >= 0.6 is 0 Å². The minimum atomic E-state index is -3.75. The second-order valence-electron chi connectivity index (χ2n) is 7.03. The van der Waals surface area contributed by atoms with Gasteiger partial charge in [-0.2, -0.15) is 0 Å². The van der Waals surface area contributed by atoms with Crippen molar-refractivity contribution in [1.29, 1.82) is 0 Å². The third kappa shape index (κ3) is 4.92. The Morgan fingerprint density at radius 2 is 1.77 bits per heavy atom. The number of aryl methyl sites for hydroxylation is 1. The van der Waals surface area contributed by atoms with Gasteiger partial charge in [0.1, 0.15) is 10.6 Å². The van der Waals surface area contributed by atoms with E-state index in [0.717, 1.165) is 15.6 Å². The highest BCUT2D eigenvalue weighted by Crippen LogP contribution is 2.29. The van der Waals surface area contributed by atoms with E-state index in [4.69, 9.17) is 4.74 Å². The number of carbonyl (C=O) groups excluding carboxylic acids is 1. The van der Waals surface area contributed by atoms with Crippen LogP contribution in [0.2, 0.25) is 0 Å². The highest BCUT2D eigenvalue weighted by atomic mass is 32.2. The molecule has 0 bridgehead atoms. The molecule has 0 atom stereocenters. The molecule has 8 heteroatoms. The van der Waals surface area contributed by atoms with Gasteiger partial charge in [-0.05, 0) is 44.2 Å². The molecule has 0 aliphatic heterocycles. The summed E-state index contributed by atoms with van der Waals surface area (Å²) in [6.07, 6.45) is 0. The zero-order valence-corrected chi connectivity index (χ0v) is 18.7. The second kappa shape index (κ2) is 9.28. The van der Waals surface area contributed by atoms with Crippen LogP contribution < -0.4 is 10.1 Å². The van der Waals surface area contributed by atoms with E-state index in [1.165, 1.54) is 20.2 Å². The minimum Gasteiger partial charge on any atom is -0.492 e. The van der Waals surface area contributed by atoms with E-state index >= 15 is 0 Å². The van der Waals surface area contributed by atoms with Gasteiger partial charge in [0.2, 0.25) is 10.0 Å². The predicted molar refractivity (Wildman–Crippen MR) is 121 cm³/mol. The predicted octanol–water partition coefficient (Wildman–Crippen LogP) is 3.96. The van der Waals surface area contributed by atoms with Gasteiger partial charge in [0.05, 0.1) is 23.6 Å². The number of amides is 1. The van der Waals surface area contributed by atoms with E-state index in [-0.39, 0.29) is 16.6 Å². The summed E-state index contributed by atoms with van der Waals surface area (Å²) in [5, 5.41) is 2.76. The van der Waals surface area contributed by atoms with Crippen molar-refractivity contribution in [3.05, 3.63) is 71.9 Å². The fourth-order valence-corrected chi connectivity index (χ4v) is 4.08. The van der Waals surface area contributed by atoms with Gasteiger partial charge >= 0.3 is 0 Å². The van der Waals surface area contributed by atoms with Crippen LogP contribution in [0.1, 0.15) is 23.0 Å². The Kier molecular flexibility index (Phi) is 6.72. The molecule has 2 aromatic carbocycles. The molecule has 0 aliphatic carbocycles. The molecule has 0 spiro atoms. The summed E-state index contributed by atoms with van der Waals surface area (Å²) in [5.74, 6) is -0.138. The number of ether oxygens (including phenoxy) is 1. The molecule has 1 N–H and O–H groups in total. The Labute approximate surface area is 182 Å². The molecule has 3 rings (SSSR count). The lowest BCUT2D eigenvalue weighted by atomic mass is 10.1. The molecule has 0 saturated heterocycles. The average Bonchev–Trinajstić information content (AvgIpc) is 2.75. The third-order valence-corrected chi connectivity index (χ3v) is 6.50. The fourth-order valence-electron chi connectivity index (χ4n) is 3.03. The van der Waals surface area contributed by atoms with Crippen LogP contribution in [0.15, 0.2) is 65.6 Å². The van der Waals surface area contributed by atoms with Gasteiger partial charge in [0, 0.05) is 25.3 Å². The van der Waals surface area contributed by atoms with Crippen molar-refractivity contribution >= 4 is 21.6 Å². The van der Waals surface area contributed by atoms with Crippen molar-refractivity contribution in [1.82, 2.24) is 9.29 Å². The monoisotopic (exact) mass is 439 g/mol. The standard InChI is InChI=1S/C23H25N3O4S/c1-5-30-21-14-11-18(15-22(21)31(28,29)26(3)4)25-23(27)19-12-13-20(24-16(19)2)17-9-7-6-8-10-17/h6-15H,5H2,1-4H3,(H,25,27). The summed E-state index contributed by atoms with van der Waals surface area (Å²) in [7, 11) is -0.864. The minimum absolute atomic E-state index is 0.00794. The van der Waals surface area contributed by atoms with E-state index < -0.39 is 10.0 Å². The number of aromatic nitrogens is 1. The van der Waals surface area contributed by atoms with Crippen LogP contribution in [-0.4, -0.2) is 44.3 Å². The molecule has 0 saturated carbocycles. The van der Waals surface area contributed by atoms with Crippen molar-refractivity contribution in [3.63, 3.8) is 0 Å². The topological polar surface area (TPSA) is 88.6 Å². The number of benzene rings is 2. The number of anilines is 1. The van der Waals surface area contributed by atoms with Gasteiger partial charge in [0.25, 0.3) is 5.91 Å². The molecular weight excluding hydrogens is 414 g/mol. The number of sulfonamides is 1. The molecule has 1 heterocycles. The second-order valence-corrected chi connectivity index (χ2v) is 9.15. The van der Waals surface area contributed by atoms with Crippen LogP contribution in [0.5, 0.6) is 5.75 Å². The maximum Gasteiger partial charge on any atom is 0.257 e. The quantitative estimate of drug-likeness (QED) is 0.602. The number of hydrogen-bond donors (Lipinski definition) is 1. The molecule has 1 aromatic heterocycles. The Morgan fingerprint density at radius 1 is 1.06 bits per heavy atom. The Morgan fingerprint density at radius 3 is 2.39 bits per heavy atom. The molecule has 0 radical (unpaired) electrons. The molecule has 0 unspecified atom stereocenters. The summed E-state index contributed by atoms with van der Waals surface area (Å²) < 4.78 is 31.9. The van der Waals surface area contributed by atoms with Crippen molar-refractivity contribution in [2.24, 2.45) is 0 Å². The van der Waals surface area contributed by atoms with Crippen molar-refractivity contribution in [3.8, 4) is 17.0 Å². The Hall–Kier alpha value is -3.23. The molecule has 7 nitrogen and oxygen atoms in total. The van der Waals surface area contributed by atoms with Crippen LogP contribution in [0.3, 0.4) is 0 Å². The summed E-state index contributed by atoms with van der Waals surface area (Å²) in [6, 6.07) is 17.7. The molecule has 3 aromatic rings. The maximum absolute atomic E-state index is 12.8. The van der Waals surface area contributed by atoms with E-state index in [1.807, 2.05) is 30.3 Å². The average molecular weight is 440 g/mol. The van der Waals surface area contributed by atoms with Crippen molar-refractivity contribution in [2.45, 2.75) is 18.7 Å². The highest BCUT2D eigenvalue weighted by molar-refractivity contribution is 7.89. The molecule has 162 valence electrons. The molecule has 31 heavy (non-hydrogen) atoms. The maximum atomic E-state index is 12.8. The van der Waals surface area contributed by atoms with Gasteiger partial charge in [-0.15, -0.1) is 0 Å². The SMILES string of the molecule is CCOc1ccc(NC(=O)c2ccc(-c3ccccc3)nc2C)cc1S(=O)(=O)N(C)C. The number of rotatable bonds is 7. The normalized spacial score (nSPS) is 11.4. The summed E-state index contributed by atoms with van der Waals surface area (Å²) >= 11 is 0.